The van der Waals surface area contributed by atoms with E-state index in [0.29, 0.717) is 0 Å². The molecule has 1 saturated heterocycles. The van der Waals surface area contributed by atoms with E-state index in [0.717, 1.165) is 5.66 Å². The fraction of sp³-hybridized carbons (Fsp3) is 0.250. The molecule has 3 aromatic carbocycles. The van der Waals surface area contributed by atoms with E-state index in [-0.39, 0.29) is 15.8 Å². The highest BCUT2D eigenvalue weighted by atomic mass is 31.1. The number of hydrogen-bond acceptors (Lipinski definition) is 0. The van der Waals surface area contributed by atoms with Crippen LogP contribution in [0, 0.1) is 0 Å². The summed E-state index contributed by atoms with van der Waals surface area (Å²) in [6.45, 7) is 0. The van der Waals surface area contributed by atoms with Gasteiger partial charge in [-0.25, -0.2) is 0 Å². The van der Waals surface area contributed by atoms with Crippen LogP contribution in [-0.4, -0.2) is 18.0 Å². The maximum absolute atomic E-state index is 2.36. The molecular formula is C24H26P2. The fourth-order valence-corrected chi connectivity index (χ4v) is 9.71. The van der Waals surface area contributed by atoms with E-state index >= 15 is 0 Å². The second kappa shape index (κ2) is 8.94. The first-order valence-electron chi connectivity index (χ1n) is 9.61. The van der Waals surface area contributed by atoms with Crippen LogP contribution in [0.4, 0.5) is 0 Å². The van der Waals surface area contributed by atoms with Crippen LogP contribution < -0.4 is 15.9 Å². The van der Waals surface area contributed by atoms with E-state index in [9.17, 15) is 0 Å². The molecule has 1 heterocycles. The van der Waals surface area contributed by atoms with Gasteiger partial charge in [0, 0.05) is 0 Å². The second-order valence-electron chi connectivity index (χ2n) is 6.94. The van der Waals surface area contributed by atoms with Crippen molar-refractivity contribution in [3.05, 3.63) is 91.0 Å². The highest BCUT2D eigenvalue weighted by Crippen LogP contribution is 2.51. The minimum atomic E-state index is -0.245. The zero-order valence-corrected chi connectivity index (χ0v) is 17.0. The molecule has 1 aliphatic rings. The van der Waals surface area contributed by atoms with Gasteiger partial charge in [-0.15, -0.1) is 0 Å². The number of benzene rings is 3. The first-order chi connectivity index (χ1) is 12.9. The van der Waals surface area contributed by atoms with Gasteiger partial charge in [0.05, 0.1) is 0 Å². The maximum Gasteiger partial charge on any atom is -0.0165 e. The normalized spacial score (nSPS) is 19.7. The lowest BCUT2D eigenvalue weighted by Gasteiger charge is -2.24. The highest BCUT2D eigenvalue weighted by molar-refractivity contribution is 7.73. The van der Waals surface area contributed by atoms with Gasteiger partial charge in [0.15, 0.2) is 0 Å². The molecule has 3 aromatic rings. The van der Waals surface area contributed by atoms with Crippen molar-refractivity contribution in [2.24, 2.45) is 0 Å². The van der Waals surface area contributed by atoms with Crippen molar-refractivity contribution < 1.29 is 0 Å². The Bertz CT molecular complexity index is 747. The molecule has 1 aliphatic heterocycles. The maximum atomic E-state index is 2.36. The molecule has 26 heavy (non-hydrogen) atoms. The molecule has 0 nitrogen and oxygen atoms in total. The van der Waals surface area contributed by atoms with Gasteiger partial charge in [-0.1, -0.05) is 98.9 Å². The molecule has 132 valence electrons. The Hall–Kier alpha value is -1.48. The lowest BCUT2D eigenvalue weighted by Crippen LogP contribution is -2.17. The van der Waals surface area contributed by atoms with Crippen molar-refractivity contribution in [3.8, 4) is 0 Å². The summed E-state index contributed by atoms with van der Waals surface area (Å²) in [5.74, 6) is 0. The topological polar surface area (TPSA) is 0 Å². The molecule has 0 N–H and O–H groups in total. The van der Waals surface area contributed by atoms with Crippen molar-refractivity contribution in [3.63, 3.8) is 0 Å². The smallest absolute Gasteiger partial charge is 0.0165 e. The van der Waals surface area contributed by atoms with Gasteiger partial charge in [0.25, 0.3) is 0 Å². The van der Waals surface area contributed by atoms with E-state index in [1.54, 1.807) is 5.30 Å². The van der Waals surface area contributed by atoms with Gasteiger partial charge >= 0.3 is 0 Å². The first kappa shape index (κ1) is 17.9. The Kier molecular flexibility index (Phi) is 6.16. The quantitative estimate of drug-likeness (QED) is 0.500. The molecular weight excluding hydrogens is 350 g/mol. The number of rotatable bonds is 6. The van der Waals surface area contributed by atoms with Crippen molar-refractivity contribution in [2.45, 2.75) is 24.9 Å². The van der Waals surface area contributed by atoms with Crippen LogP contribution in [0.2, 0.25) is 0 Å². The van der Waals surface area contributed by atoms with Crippen LogP contribution in [0.25, 0.3) is 0 Å². The van der Waals surface area contributed by atoms with Crippen LogP contribution in [-0.2, 0) is 0 Å². The molecule has 0 bridgehead atoms. The van der Waals surface area contributed by atoms with Crippen LogP contribution in [0.1, 0.15) is 19.3 Å². The standard InChI is InChI=1S/C24H26P2/c1-4-11-21(12-5-1)25-19-10-17-24(25)18-20-26(22-13-6-2-7-14-22)23-15-8-3-9-16-23/h1-9,11-16,24H,10,17-20H2/t24-,25?/m0/s1. The summed E-state index contributed by atoms with van der Waals surface area (Å²) in [6, 6.07) is 33.7. The Morgan fingerprint density at radius 3 is 1.85 bits per heavy atom. The van der Waals surface area contributed by atoms with Gasteiger partial charge in [-0.05, 0) is 61.1 Å². The van der Waals surface area contributed by atoms with Gasteiger partial charge in [0.2, 0.25) is 0 Å². The molecule has 0 spiro atoms. The second-order valence-corrected chi connectivity index (χ2v) is 11.9. The molecule has 4 rings (SSSR count). The Labute approximate surface area is 160 Å². The third-order valence-electron chi connectivity index (χ3n) is 5.29. The van der Waals surface area contributed by atoms with E-state index in [4.69, 9.17) is 0 Å². The average Bonchev–Trinajstić information content (AvgIpc) is 3.19. The molecule has 1 fully saturated rings. The lowest BCUT2D eigenvalue weighted by atomic mass is 10.2. The first-order valence-corrected chi connectivity index (χ1v) is 12.7. The Morgan fingerprint density at radius 2 is 1.27 bits per heavy atom. The summed E-state index contributed by atoms with van der Waals surface area (Å²) in [5.41, 5.74) is 0.907. The van der Waals surface area contributed by atoms with Crippen LogP contribution >= 0.6 is 15.8 Å². The molecule has 0 aromatic heterocycles. The molecule has 0 radical (unpaired) electrons. The predicted molar refractivity (Wildman–Crippen MR) is 119 cm³/mol. The SMILES string of the molecule is c1ccc(P(CC[C@@H]2CCCP2c2ccccc2)c2ccccc2)cc1. The van der Waals surface area contributed by atoms with Crippen molar-refractivity contribution in [1.82, 2.24) is 0 Å². The minimum absolute atomic E-state index is 0.0383. The van der Waals surface area contributed by atoms with Crippen molar-refractivity contribution >= 4 is 31.8 Å². The third-order valence-corrected chi connectivity index (χ3v) is 11.0. The van der Waals surface area contributed by atoms with E-state index in [1.807, 2.05) is 0 Å². The van der Waals surface area contributed by atoms with Crippen LogP contribution in [0.15, 0.2) is 91.0 Å². The Balaban J connectivity index is 1.51. The minimum Gasteiger partial charge on any atom is -0.0721 e. The summed E-state index contributed by atoms with van der Waals surface area (Å²) >= 11 is 0. The van der Waals surface area contributed by atoms with Crippen molar-refractivity contribution in [1.29, 1.82) is 0 Å². The van der Waals surface area contributed by atoms with Gasteiger partial charge in [0.1, 0.15) is 0 Å². The summed E-state index contributed by atoms with van der Waals surface area (Å²) in [5, 5.41) is 4.67. The van der Waals surface area contributed by atoms with Gasteiger partial charge < -0.3 is 0 Å². The van der Waals surface area contributed by atoms with E-state index < -0.39 is 0 Å². The monoisotopic (exact) mass is 376 g/mol. The lowest BCUT2D eigenvalue weighted by molar-refractivity contribution is 0.760. The third kappa shape index (κ3) is 4.25. The Morgan fingerprint density at radius 1 is 0.731 bits per heavy atom. The predicted octanol–water partition coefficient (Wildman–Crippen LogP) is 5.48. The summed E-state index contributed by atoms with van der Waals surface area (Å²) in [6.07, 6.45) is 6.96. The number of hydrogen-bond donors (Lipinski definition) is 0. The van der Waals surface area contributed by atoms with E-state index in [2.05, 4.69) is 91.0 Å². The summed E-state index contributed by atoms with van der Waals surface area (Å²) in [4.78, 5) is 0. The molecule has 2 heteroatoms. The van der Waals surface area contributed by atoms with Gasteiger partial charge in [-0.2, -0.15) is 0 Å². The van der Waals surface area contributed by atoms with E-state index in [1.165, 1.54) is 42.2 Å². The van der Waals surface area contributed by atoms with Crippen LogP contribution in [0.5, 0.6) is 0 Å². The highest BCUT2D eigenvalue weighted by Gasteiger charge is 2.28. The molecule has 0 saturated carbocycles. The average molecular weight is 376 g/mol. The fourth-order valence-electron chi connectivity index (χ4n) is 4.00. The summed E-state index contributed by atoms with van der Waals surface area (Å²) < 4.78 is 0. The van der Waals surface area contributed by atoms with Crippen molar-refractivity contribution in [2.75, 3.05) is 12.3 Å². The zero-order chi connectivity index (χ0) is 17.6. The summed E-state index contributed by atoms with van der Waals surface area (Å²) in [7, 11) is -0.206. The van der Waals surface area contributed by atoms with Gasteiger partial charge in [-0.3, -0.25) is 0 Å². The molecule has 1 unspecified atom stereocenters. The molecule has 0 aliphatic carbocycles. The zero-order valence-electron chi connectivity index (χ0n) is 15.2. The molecule has 2 atom stereocenters. The van der Waals surface area contributed by atoms with Crippen LogP contribution in [0.3, 0.4) is 0 Å². The largest absolute Gasteiger partial charge is 0.0721 e. The molecule has 0 amide bonds.